The summed E-state index contributed by atoms with van der Waals surface area (Å²) in [5.41, 5.74) is -0.0971. The largest absolute Gasteiger partial charge is 0.353 e. The van der Waals surface area contributed by atoms with Crippen molar-refractivity contribution in [2.75, 3.05) is 0 Å². The number of nitrogens with zero attached hydrogens (tertiary/aromatic N) is 2. The van der Waals surface area contributed by atoms with Gasteiger partial charge in [-0.25, -0.2) is 0 Å². The Morgan fingerprint density at radius 2 is 2.00 bits per heavy atom. The minimum absolute atomic E-state index is 0.0971. The van der Waals surface area contributed by atoms with E-state index in [4.69, 9.17) is 4.52 Å². The molecule has 1 aromatic heterocycles. The summed E-state index contributed by atoms with van der Waals surface area (Å²) in [6, 6.07) is 0.391. The Morgan fingerprint density at radius 1 is 1.29 bits per heavy atom. The maximum Gasteiger partial charge on any atom is 0.226 e. The Balaban J connectivity index is 1.69. The number of aromatic nitrogens is 2. The van der Waals surface area contributed by atoms with E-state index in [9.17, 15) is 4.79 Å². The Hall–Kier alpha value is -1.39. The first kappa shape index (κ1) is 16.0. The van der Waals surface area contributed by atoms with Gasteiger partial charge in [0, 0.05) is 24.3 Å². The van der Waals surface area contributed by atoms with Gasteiger partial charge in [0.25, 0.3) is 0 Å². The monoisotopic (exact) mass is 293 g/mol. The van der Waals surface area contributed by atoms with Crippen LogP contribution in [0.3, 0.4) is 0 Å². The molecule has 5 heteroatoms. The minimum Gasteiger partial charge on any atom is -0.353 e. The van der Waals surface area contributed by atoms with Crippen molar-refractivity contribution in [3.05, 3.63) is 11.7 Å². The smallest absolute Gasteiger partial charge is 0.226 e. The molecule has 0 aliphatic heterocycles. The summed E-state index contributed by atoms with van der Waals surface area (Å²) in [5, 5.41) is 7.12. The molecule has 1 aliphatic carbocycles. The molecule has 5 nitrogen and oxygen atoms in total. The van der Waals surface area contributed by atoms with Crippen LogP contribution < -0.4 is 5.32 Å². The molecule has 1 heterocycles. The number of hydrogen-bond donors (Lipinski definition) is 1. The van der Waals surface area contributed by atoms with Crippen LogP contribution in [0.25, 0.3) is 0 Å². The van der Waals surface area contributed by atoms with Crippen LogP contribution in [0, 0.1) is 0 Å². The third-order valence-corrected chi connectivity index (χ3v) is 3.90. The van der Waals surface area contributed by atoms with Crippen molar-refractivity contribution in [3.63, 3.8) is 0 Å². The molecule has 118 valence electrons. The molecule has 1 aromatic rings. The zero-order valence-electron chi connectivity index (χ0n) is 13.4. The molecule has 0 radical (unpaired) electrons. The van der Waals surface area contributed by atoms with Crippen molar-refractivity contribution in [3.8, 4) is 0 Å². The summed E-state index contributed by atoms with van der Waals surface area (Å²) in [4.78, 5) is 16.3. The summed E-state index contributed by atoms with van der Waals surface area (Å²) in [7, 11) is 0. The lowest BCUT2D eigenvalue weighted by Gasteiger charge is -2.22. The number of hydrogen-bond acceptors (Lipinski definition) is 4. The van der Waals surface area contributed by atoms with Gasteiger partial charge in [-0.3, -0.25) is 4.79 Å². The highest BCUT2D eigenvalue weighted by atomic mass is 16.5. The molecule has 1 N–H and O–H groups in total. The summed E-state index contributed by atoms with van der Waals surface area (Å²) in [5.74, 6) is 1.51. The summed E-state index contributed by atoms with van der Waals surface area (Å²) in [6.07, 6.45) is 7.99. The van der Waals surface area contributed by atoms with Crippen molar-refractivity contribution >= 4 is 5.91 Å². The van der Waals surface area contributed by atoms with E-state index in [2.05, 4.69) is 36.2 Å². The van der Waals surface area contributed by atoms with Gasteiger partial charge in [-0.1, -0.05) is 45.2 Å². The first-order chi connectivity index (χ1) is 9.95. The Labute approximate surface area is 126 Å². The number of carbonyl (C=O) groups is 1. The van der Waals surface area contributed by atoms with Gasteiger partial charge in [-0.15, -0.1) is 0 Å². The zero-order chi connectivity index (χ0) is 15.3. The first-order valence-electron chi connectivity index (χ1n) is 8.07. The van der Waals surface area contributed by atoms with Gasteiger partial charge in [-0.2, -0.15) is 4.98 Å². The topological polar surface area (TPSA) is 68.0 Å². The fourth-order valence-electron chi connectivity index (χ4n) is 2.61. The third kappa shape index (κ3) is 5.14. The van der Waals surface area contributed by atoms with Crippen LogP contribution in [0.15, 0.2) is 4.52 Å². The fraction of sp³-hybridized carbons (Fsp3) is 0.812. The lowest BCUT2D eigenvalue weighted by atomic mass is 9.95. The van der Waals surface area contributed by atoms with E-state index in [0.717, 1.165) is 25.1 Å². The van der Waals surface area contributed by atoms with Crippen LogP contribution in [0.1, 0.15) is 77.4 Å². The third-order valence-electron chi connectivity index (χ3n) is 3.90. The summed E-state index contributed by atoms with van der Waals surface area (Å²) in [6.45, 7) is 6.16. The summed E-state index contributed by atoms with van der Waals surface area (Å²) >= 11 is 0. The van der Waals surface area contributed by atoms with E-state index in [-0.39, 0.29) is 11.3 Å². The van der Waals surface area contributed by atoms with Gasteiger partial charge in [0.2, 0.25) is 11.8 Å². The molecular formula is C16H27N3O2. The van der Waals surface area contributed by atoms with Crippen molar-refractivity contribution in [1.29, 1.82) is 0 Å². The predicted molar refractivity (Wildman–Crippen MR) is 81.0 cm³/mol. The van der Waals surface area contributed by atoms with Gasteiger partial charge in [-0.05, 0) is 19.3 Å². The number of nitrogens with one attached hydrogen (secondary N) is 1. The van der Waals surface area contributed by atoms with Crippen molar-refractivity contribution in [2.24, 2.45) is 0 Å². The van der Waals surface area contributed by atoms with Crippen LogP contribution >= 0.6 is 0 Å². The highest BCUT2D eigenvalue weighted by molar-refractivity contribution is 5.76. The molecule has 0 atom stereocenters. The standard InChI is InChI=1S/C16H27N3O2/c1-16(2,3)15-18-14(21-19-15)11-7-10-13(20)17-12-8-5-4-6-9-12/h12H,4-11H2,1-3H3,(H,17,20). The second kappa shape index (κ2) is 7.05. The molecule has 1 saturated carbocycles. The van der Waals surface area contributed by atoms with E-state index in [1.54, 1.807) is 0 Å². The minimum atomic E-state index is -0.0971. The molecule has 1 fully saturated rings. The van der Waals surface area contributed by atoms with Crippen LogP contribution in [-0.4, -0.2) is 22.1 Å². The molecule has 0 spiro atoms. The van der Waals surface area contributed by atoms with Gasteiger partial charge in [0.15, 0.2) is 5.82 Å². The molecule has 0 bridgehead atoms. The van der Waals surface area contributed by atoms with Gasteiger partial charge < -0.3 is 9.84 Å². The van der Waals surface area contributed by atoms with Crippen molar-refractivity contribution in [2.45, 2.75) is 83.6 Å². The van der Waals surface area contributed by atoms with E-state index in [0.29, 0.717) is 24.8 Å². The van der Waals surface area contributed by atoms with E-state index in [1.807, 2.05) is 0 Å². The molecule has 21 heavy (non-hydrogen) atoms. The van der Waals surface area contributed by atoms with Crippen molar-refractivity contribution < 1.29 is 9.32 Å². The second-order valence-corrected chi connectivity index (χ2v) is 7.02. The molecule has 1 amide bonds. The number of amides is 1. The SMILES string of the molecule is CC(C)(C)c1noc(CCCC(=O)NC2CCCCC2)n1. The van der Waals surface area contributed by atoms with Crippen LogP contribution in [-0.2, 0) is 16.6 Å². The normalized spacial score (nSPS) is 16.9. The second-order valence-electron chi connectivity index (χ2n) is 7.02. The lowest BCUT2D eigenvalue weighted by Crippen LogP contribution is -2.36. The molecule has 0 unspecified atom stereocenters. The molecule has 1 aliphatic rings. The van der Waals surface area contributed by atoms with Crippen LogP contribution in [0.2, 0.25) is 0 Å². The van der Waals surface area contributed by atoms with Gasteiger partial charge >= 0.3 is 0 Å². The average Bonchev–Trinajstić information content (AvgIpc) is 2.88. The maximum absolute atomic E-state index is 11.9. The molecule has 0 aromatic carbocycles. The average molecular weight is 293 g/mol. The predicted octanol–water partition coefficient (Wildman–Crippen LogP) is 3.14. The van der Waals surface area contributed by atoms with Crippen LogP contribution in [0.4, 0.5) is 0 Å². The maximum atomic E-state index is 11.9. The lowest BCUT2D eigenvalue weighted by molar-refractivity contribution is -0.122. The number of aryl methyl sites for hydroxylation is 1. The fourth-order valence-corrected chi connectivity index (χ4v) is 2.61. The number of rotatable bonds is 5. The highest BCUT2D eigenvalue weighted by Gasteiger charge is 2.21. The van der Waals surface area contributed by atoms with E-state index < -0.39 is 0 Å². The van der Waals surface area contributed by atoms with Crippen LogP contribution in [0.5, 0.6) is 0 Å². The molecule has 2 rings (SSSR count). The highest BCUT2D eigenvalue weighted by Crippen LogP contribution is 2.19. The van der Waals surface area contributed by atoms with Gasteiger partial charge in [0.1, 0.15) is 0 Å². The molecular weight excluding hydrogens is 266 g/mol. The Bertz CT molecular complexity index is 456. The zero-order valence-corrected chi connectivity index (χ0v) is 13.4. The Kier molecular flexibility index (Phi) is 5.37. The van der Waals surface area contributed by atoms with E-state index in [1.165, 1.54) is 19.3 Å². The van der Waals surface area contributed by atoms with Gasteiger partial charge in [0.05, 0.1) is 0 Å². The van der Waals surface area contributed by atoms with E-state index >= 15 is 0 Å². The molecule has 0 saturated heterocycles. The quantitative estimate of drug-likeness (QED) is 0.905. The van der Waals surface area contributed by atoms with Crippen molar-refractivity contribution in [1.82, 2.24) is 15.5 Å². The summed E-state index contributed by atoms with van der Waals surface area (Å²) < 4.78 is 5.23. The first-order valence-corrected chi connectivity index (χ1v) is 8.07. The Morgan fingerprint density at radius 3 is 2.62 bits per heavy atom. The number of carbonyl (C=O) groups excluding carboxylic acids is 1.